The predicted octanol–water partition coefficient (Wildman–Crippen LogP) is 1.77. The second-order valence-corrected chi connectivity index (χ2v) is 3.45. The summed E-state index contributed by atoms with van der Waals surface area (Å²) in [7, 11) is 0. The minimum absolute atomic E-state index is 0.0732. The van der Waals surface area contributed by atoms with E-state index < -0.39 is 0 Å². The normalized spacial score (nSPS) is 10.1. The molecule has 1 aromatic heterocycles. The molecule has 0 aliphatic carbocycles. The van der Waals surface area contributed by atoms with Crippen LogP contribution in [0.15, 0.2) is 48.7 Å². The van der Waals surface area contributed by atoms with Crippen molar-refractivity contribution in [1.29, 1.82) is 0 Å². The van der Waals surface area contributed by atoms with Crippen molar-refractivity contribution in [1.82, 2.24) is 4.98 Å². The van der Waals surface area contributed by atoms with E-state index in [9.17, 15) is 4.79 Å². The van der Waals surface area contributed by atoms with E-state index >= 15 is 0 Å². The maximum Gasteiger partial charge on any atom is 0.211 e. The van der Waals surface area contributed by atoms with Crippen molar-refractivity contribution < 1.29 is 4.79 Å². The molecule has 3 heteroatoms. The molecule has 0 saturated carbocycles. The monoisotopic (exact) mass is 212 g/mol. The zero-order valence-electron chi connectivity index (χ0n) is 8.76. The van der Waals surface area contributed by atoms with Gasteiger partial charge in [-0.15, -0.1) is 0 Å². The third-order valence-corrected chi connectivity index (χ3v) is 2.32. The third kappa shape index (κ3) is 2.15. The standard InChI is InChI=1S/C13H12N2O/c14-9-10-4-3-5-11(8-10)13(16)12-6-1-2-7-15-12/h1-8H,9,14H2. The highest BCUT2D eigenvalue weighted by Gasteiger charge is 2.09. The van der Waals surface area contributed by atoms with E-state index in [1.54, 1.807) is 36.5 Å². The number of hydrogen-bond acceptors (Lipinski definition) is 3. The Kier molecular flexibility index (Phi) is 3.08. The number of benzene rings is 1. The summed E-state index contributed by atoms with van der Waals surface area (Å²) in [6.45, 7) is 0.434. The number of pyridine rings is 1. The molecular weight excluding hydrogens is 200 g/mol. The molecule has 1 heterocycles. The Morgan fingerprint density at radius 1 is 1.19 bits per heavy atom. The van der Waals surface area contributed by atoms with Crippen LogP contribution in [0.1, 0.15) is 21.6 Å². The largest absolute Gasteiger partial charge is 0.326 e. The maximum absolute atomic E-state index is 12.0. The topological polar surface area (TPSA) is 56.0 Å². The predicted molar refractivity (Wildman–Crippen MR) is 62.0 cm³/mol. The molecule has 0 amide bonds. The number of ketones is 1. The highest BCUT2D eigenvalue weighted by atomic mass is 16.1. The third-order valence-electron chi connectivity index (χ3n) is 2.32. The number of aromatic nitrogens is 1. The van der Waals surface area contributed by atoms with E-state index in [1.165, 1.54) is 0 Å². The van der Waals surface area contributed by atoms with Gasteiger partial charge in [-0.25, -0.2) is 0 Å². The highest BCUT2D eigenvalue weighted by molar-refractivity contribution is 6.07. The number of nitrogens with two attached hydrogens (primary N) is 1. The van der Waals surface area contributed by atoms with Crippen molar-refractivity contribution in [2.75, 3.05) is 0 Å². The molecule has 0 aliphatic heterocycles. The first-order valence-corrected chi connectivity index (χ1v) is 5.06. The van der Waals surface area contributed by atoms with Crippen LogP contribution in [0.3, 0.4) is 0 Å². The van der Waals surface area contributed by atoms with Crippen LogP contribution in [0, 0.1) is 0 Å². The van der Waals surface area contributed by atoms with Gasteiger partial charge in [0.05, 0.1) is 0 Å². The fourth-order valence-electron chi connectivity index (χ4n) is 1.48. The molecule has 0 aliphatic rings. The molecule has 2 rings (SSSR count). The zero-order chi connectivity index (χ0) is 11.4. The first-order valence-electron chi connectivity index (χ1n) is 5.06. The molecule has 0 radical (unpaired) electrons. The molecule has 2 N–H and O–H groups in total. The molecule has 1 aromatic carbocycles. The van der Waals surface area contributed by atoms with Gasteiger partial charge in [-0.05, 0) is 23.8 Å². The molecule has 0 unspecified atom stereocenters. The quantitative estimate of drug-likeness (QED) is 0.789. The van der Waals surface area contributed by atoms with Gasteiger partial charge in [0.25, 0.3) is 0 Å². The summed E-state index contributed by atoms with van der Waals surface area (Å²) in [6, 6.07) is 12.6. The van der Waals surface area contributed by atoms with E-state index in [4.69, 9.17) is 5.73 Å². The average molecular weight is 212 g/mol. The van der Waals surface area contributed by atoms with Crippen molar-refractivity contribution in [3.63, 3.8) is 0 Å². The van der Waals surface area contributed by atoms with Gasteiger partial charge in [0, 0.05) is 18.3 Å². The molecule has 2 aromatic rings. The smallest absolute Gasteiger partial charge is 0.211 e. The van der Waals surface area contributed by atoms with Gasteiger partial charge in [-0.1, -0.05) is 24.3 Å². The number of nitrogens with zero attached hydrogens (tertiary/aromatic N) is 1. The van der Waals surface area contributed by atoms with Crippen LogP contribution in [0.5, 0.6) is 0 Å². The first kappa shape index (κ1) is 10.5. The summed E-state index contributed by atoms with van der Waals surface area (Å²) in [5.74, 6) is -0.0732. The minimum atomic E-state index is -0.0732. The lowest BCUT2D eigenvalue weighted by Crippen LogP contribution is -2.05. The van der Waals surface area contributed by atoms with Crippen LogP contribution in [0.2, 0.25) is 0 Å². The Hall–Kier alpha value is -2.00. The maximum atomic E-state index is 12.0. The van der Waals surface area contributed by atoms with Crippen LogP contribution < -0.4 is 5.73 Å². The summed E-state index contributed by atoms with van der Waals surface area (Å²) in [4.78, 5) is 16.0. The number of rotatable bonds is 3. The van der Waals surface area contributed by atoms with Crippen molar-refractivity contribution >= 4 is 5.78 Å². The average Bonchev–Trinajstić information content (AvgIpc) is 2.39. The molecule has 0 fully saturated rings. The van der Waals surface area contributed by atoms with Gasteiger partial charge in [-0.2, -0.15) is 0 Å². The van der Waals surface area contributed by atoms with Gasteiger partial charge >= 0.3 is 0 Å². The fraction of sp³-hybridized carbons (Fsp3) is 0.0769. The summed E-state index contributed by atoms with van der Waals surface area (Å²) < 4.78 is 0. The fourth-order valence-corrected chi connectivity index (χ4v) is 1.48. The lowest BCUT2D eigenvalue weighted by Gasteiger charge is -2.02. The molecule has 0 atom stereocenters. The molecule has 0 spiro atoms. The summed E-state index contributed by atoms with van der Waals surface area (Å²) in [6.07, 6.45) is 1.61. The van der Waals surface area contributed by atoms with E-state index in [0.29, 0.717) is 17.8 Å². The second kappa shape index (κ2) is 4.68. The number of carbonyl (C=O) groups is 1. The Morgan fingerprint density at radius 2 is 2.06 bits per heavy atom. The lowest BCUT2D eigenvalue weighted by atomic mass is 10.0. The van der Waals surface area contributed by atoms with Gasteiger partial charge in [-0.3, -0.25) is 9.78 Å². The summed E-state index contributed by atoms with van der Waals surface area (Å²) in [5.41, 5.74) is 7.56. The summed E-state index contributed by atoms with van der Waals surface area (Å²) in [5, 5.41) is 0. The molecule has 16 heavy (non-hydrogen) atoms. The van der Waals surface area contributed by atoms with Crippen molar-refractivity contribution in [3.05, 3.63) is 65.5 Å². The highest BCUT2D eigenvalue weighted by Crippen LogP contribution is 2.09. The Balaban J connectivity index is 2.34. The van der Waals surface area contributed by atoms with Gasteiger partial charge in [0.1, 0.15) is 5.69 Å². The summed E-state index contributed by atoms with van der Waals surface area (Å²) >= 11 is 0. The Labute approximate surface area is 93.9 Å². The van der Waals surface area contributed by atoms with Crippen molar-refractivity contribution in [2.24, 2.45) is 5.73 Å². The number of hydrogen-bond donors (Lipinski definition) is 1. The van der Waals surface area contributed by atoms with Gasteiger partial charge < -0.3 is 5.73 Å². The van der Waals surface area contributed by atoms with Crippen molar-refractivity contribution in [2.45, 2.75) is 6.54 Å². The minimum Gasteiger partial charge on any atom is -0.326 e. The molecule has 3 nitrogen and oxygen atoms in total. The van der Waals surface area contributed by atoms with Crippen molar-refractivity contribution in [3.8, 4) is 0 Å². The van der Waals surface area contributed by atoms with Crippen LogP contribution in [0.4, 0.5) is 0 Å². The molecular formula is C13H12N2O. The van der Waals surface area contributed by atoms with Gasteiger partial charge in [0.2, 0.25) is 5.78 Å². The lowest BCUT2D eigenvalue weighted by molar-refractivity contribution is 0.103. The van der Waals surface area contributed by atoms with Crippen LogP contribution in [-0.4, -0.2) is 10.8 Å². The van der Waals surface area contributed by atoms with E-state index in [0.717, 1.165) is 5.56 Å². The molecule has 0 saturated heterocycles. The Morgan fingerprint density at radius 3 is 2.75 bits per heavy atom. The Bertz CT molecular complexity index is 494. The van der Waals surface area contributed by atoms with E-state index in [1.807, 2.05) is 12.1 Å². The zero-order valence-corrected chi connectivity index (χ0v) is 8.76. The molecule has 80 valence electrons. The second-order valence-electron chi connectivity index (χ2n) is 3.45. The van der Waals surface area contributed by atoms with Crippen LogP contribution >= 0.6 is 0 Å². The van der Waals surface area contributed by atoms with E-state index in [-0.39, 0.29) is 5.78 Å². The number of carbonyl (C=O) groups excluding carboxylic acids is 1. The first-order chi connectivity index (χ1) is 7.81. The van der Waals surface area contributed by atoms with Gasteiger partial charge in [0.15, 0.2) is 0 Å². The van der Waals surface area contributed by atoms with Crippen LogP contribution in [-0.2, 0) is 6.54 Å². The van der Waals surface area contributed by atoms with E-state index in [2.05, 4.69) is 4.98 Å². The molecule has 0 bridgehead atoms. The SMILES string of the molecule is NCc1cccc(C(=O)c2ccccn2)c1. The van der Waals surface area contributed by atoms with Crippen LogP contribution in [0.25, 0.3) is 0 Å².